The molecule has 0 saturated heterocycles. The van der Waals surface area contributed by atoms with E-state index in [0.717, 1.165) is 11.3 Å². The van der Waals surface area contributed by atoms with Crippen molar-refractivity contribution in [3.63, 3.8) is 0 Å². The van der Waals surface area contributed by atoms with Crippen LogP contribution < -0.4 is 15.8 Å². The molecule has 1 aromatic carbocycles. The molecule has 0 aromatic heterocycles. The van der Waals surface area contributed by atoms with Crippen LogP contribution in [-0.2, 0) is 0 Å². The normalized spacial score (nSPS) is 16.6. The van der Waals surface area contributed by atoms with Crippen molar-refractivity contribution in [2.75, 3.05) is 7.11 Å². The summed E-state index contributed by atoms with van der Waals surface area (Å²) >= 11 is 0. The van der Waals surface area contributed by atoms with E-state index in [-0.39, 0.29) is 18.1 Å². The summed E-state index contributed by atoms with van der Waals surface area (Å²) in [5.74, 6) is 0.916. The zero-order valence-electron chi connectivity index (χ0n) is 10.5. The first kappa shape index (κ1) is 13.0. The van der Waals surface area contributed by atoms with Crippen molar-refractivity contribution in [1.82, 2.24) is 5.32 Å². The molecule has 0 amide bonds. The minimum Gasteiger partial charge on any atom is -0.496 e. The molecule has 0 spiro atoms. The Kier molecular flexibility index (Phi) is 4.77. The molecule has 0 fully saturated rings. The average molecular weight is 222 g/mol. The molecule has 16 heavy (non-hydrogen) atoms. The Hall–Kier alpha value is -1.06. The van der Waals surface area contributed by atoms with Crippen LogP contribution in [0.25, 0.3) is 0 Å². The maximum atomic E-state index is 5.84. The highest BCUT2D eigenvalue weighted by Gasteiger charge is 2.15. The lowest BCUT2D eigenvalue weighted by Gasteiger charge is -2.24. The Morgan fingerprint density at radius 3 is 2.38 bits per heavy atom. The SMILES string of the molecule is COc1ccccc1C(C)NC(C)C(C)N. The van der Waals surface area contributed by atoms with Gasteiger partial charge in [0.05, 0.1) is 7.11 Å². The lowest BCUT2D eigenvalue weighted by atomic mass is 10.0. The van der Waals surface area contributed by atoms with Crippen LogP contribution in [0.15, 0.2) is 24.3 Å². The van der Waals surface area contributed by atoms with Gasteiger partial charge in [0.15, 0.2) is 0 Å². The van der Waals surface area contributed by atoms with Crippen LogP contribution in [0.2, 0.25) is 0 Å². The summed E-state index contributed by atoms with van der Waals surface area (Å²) in [5, 5.41) is 3.47. The van der Waals surface area contributed by atoms with Gasteiger partial charge in [-0.3, -0.25) is 0 Å². The van der Waals surface area contributed by atoms with Gasteiger partial charge >= 0.3 is 0 Å². The second-order valence-corrected chi connectivity index (χ2v) is 4.28. The molecule has 0 bridgehead atoms. The van der Waals surface area contributed by atoms with E-state index < -0.39 is 0 Å². The number of benzene rings is 1. The van der Waals surface area contributed by atoms with E-state index in [1.807, 2.05) is 25.1 Å². The van der Waals surface area contributed by atoms with Crippen molar-refractivity contribution in [2.45, 2.75) is 38.9 Å². The zero-order chi connectivity index (χ0) is 12.1. The highest BCUT2D eigenvalue weighted by atomic mass is 16.5. The smallest absolute Gasteiger partial charge is 0.123 e. The molecule has 0 heterocycles. The highest BCUT2D eigenvalue weighted by molar-refractivity contribution is 5.35. The van der Waals surface area contributed by atoms with Crippen molar-refractivity contribution in [3.05, 3.63) is 29.8 Å². The second-order valence-electron chi connectivity index (χ2n) is 4.28. The van der Waals surface area contributed by atoms with Gasteiger partial charge in [0.1, 0.15) is 5.75 Å². The van der Waals surface area contributed by atoms with Crippen LogP contribution in [-0.4, -0.2) is 19.2 Å². The minimum absolute atomic E-state index is 0.136. The van der Waals surface area contributed by atoms with Gasteiger partial charge in [0, 0.05) is 23.7 Å². The van der Waals surface area contributed by atoms with Crippen LogP contribution >= 0.6 is 0 Å². The fourth-order valence-corrected chi connectivity index (χ4v) is 1.66. The maximum Gasteiger partial charge on any atom is 0.123 e. The number of rotatable bonds is 5. The molecule has 3 N–H and O–H groups in total. The van der Waals surface area contributed by atoms with Crippen LogP contribution in [0.5, 0.6) is 5.75 Å². The maximum absolute atomic E-state index is 5.84. The lowest BCUT2D eigenvalue weighted by Crippen LogP contribution is -2.42. The van der Waals surface area contributed by atoms with E-state index in [2.05, 4.69) is 25.2 Å². The lowest BCUT2D eigenvalue weighted by molar-refractivity contribution is 0.387. The van der Waals surface area contributed by atoms with Gasteiger partial charge in [-0.1, -0.05) is 18.2 Å². The van der Waals surface area contributed by atoms with Crippen molar-refractivity contribution in [3.8, 4) is 5.75 Å². The summed E-state index contributed by atoms with van der Waals surface area (Å²) < 4.78 is 5.34. The van der Waals surface area contributed by atoms with E-state index in [4.69, 9.17) is 10.5 Å². The monoisotopic (exact) mass is 222 g/mol. The van der Waals surface area contributed by atoms with E-state index in [0.29, 0.717) is 0 Å². The van der Waals surface area contributed by atoms with Crippen molar-refractivity contribution >= 4 is 0 Å². The fourth-order valence-electron chi connectivity index (χ4n) is 1.66. The Balaban J connectivity index is 2.76. The Morgan fingerprint density at radius 2 is 1.81 bits per heavy atom. The first-order valence-corrected chi connectivity index (χ1v) is 5.70. The number of nitrogens with two attached hydrogens (primary N) is 1. The molecule has 0 radical (unpaired) electrons. The standard InChI is InChI=1S/C13H22N2O/c1-9(14)10(2)15-11(3)12-7-5-6-8-13(12)16-4/h5-11,15H,14H2,1-4H3. The van der Waals surface area contributed by atoms with Crippen molar-refractivity contribution in [1.29, 1.82) is 0 Å². The molecule has 1 aromatic rings. The predicted octanol–water partition coefficient (Wildman–Crippen LogP) is 2.08. The van der Waals surface area contributed by atoms with Crippen molar-refractivity contribution in [2.24, 2.45) is 5.73 Å². The Labute approximate surface area is 98.0 Å². The minimum atomic E-state index is 0.136. The van der Waals surface area contributed by atoms with Gasteiger partial charge < -0.3 is 15.8 Å². The van der Waals surface area contributed by atoms with E-state index in [9.17, 15) is 0 Å². The molecule has 90 valence electrons. The summed E-state index contributed by atoms with van der Waals surface area (Å²) in [6.07, 6.45) is 0. The number of para-hydroxylation sites is 1. The molecular formula is C13H22N2O. The first-order chi connectivity index (χ1) is 7.56. The van der Waals surface area contributed by atoms with Crippen LogP contribution in [0.3, 0.4) is 0 Å². The van der Waals surface area contributed by atoms with Crippen molar-refractivity contribution < 1.29 is 4.74 Å². The first-order valence-electron chi connectivity index (χ1n) is 5.70. The second kappa shape index (κ2) is 5.87. The van der Waals surface area contributed by atoms with Crippen LogP contribution in [0.1, 0.15) is 32.4 Å². The molecular weight excluding hydrogens is 200 g/mol. The van der Waals surface area contributed by atoms with Crippen LogP contribution in [0.4, 0.5) is 0 Å². The molecule has 0 aliphatic rings. The summed E-state index contributed by atoms with van der Waals surface area (Å²) in [7, 11) is 1.69. The van der Waals surface area contributed by atoms with E-state index >= 15 is 0 Å². The van der Waals surface area contributed by atoms with Gasteiger partial charge in [-0.25, -0.2) is 0 Å². The van der Waals surface area contributed by atoms with Gasteiger partial charge in [0.2, 0.25) is 0 Å². The van der Waals surface area contributed by atoms with E-state index in [1.165, 1.54) is 0 Å². The molecule has 0 saturated carbocycles. The zero-order valence-corrected chi connectivity index (χ0v) is 10.5. The van der Waals surface area contributed by atoms with Gasteiger partial charge in [-0.2, -0.15) is 0 Å². The Morgan fingerprint density at radius 1 is 1.19 bits per heavy atom. The molecule has 3 atom stereocenters. The highest BCUT2D eigenvalue weighted by Crippen LogP contribution is 2.24. The number of hydrogen-bond acceptors (Lipinski definition) is 3. The topological polar surface area (TPSA) is 47.3 Å². The third-order valence-corrected chi connectivity index (χ3v) is 2.91. The molecule has 0 aliphatic heterocycles. The quantitative estimate of drug-likeness (QED) is 0.802. The predicted molar refractivity (Wildman–Crippen MR) is 67.7 cm³/mol. The number of ether oxygens (including phenoxy) is 1. The number of methoxy groups -OCH3 is 1. The molecule has 3 nitrogen and oxygen atoms in total. The third-order valence-electron chi connectivity index (χ3n) is 2.91. The fraction of sp³-hybridized carbons (Fsp3) is 0.538. The summed E-state index contributed by atoms with van der Waals surface area (Å²) in [6, 6.07) is 8.69. The number of hydrogen-bond donors (Lipinski definition) is 2. The third kappa shape index (κ3) is 3.22. The summed E-state index contributed by atoms with van der Waals surface area (Å²) in [6.45, 7) is 6.22. The van der Waals surface area contributed by atoms with E-state index in [1.54, 1.807) is 7.11 Å². The molecule has 3 unspecified atom stereocenters. The van der Waals surface area contributed by atoms with Gasteiger partial charge in [0.25, 0.3) is 0 Å². The average Bonchev–Trinajstić information content (AvgIpc) is 2.28. The largest absolute Gasteiger partial charge is 0.496 e. The molecule has 3 heteroatoms. The Bertz CT molecular complexity index is 325. The molecule has 1 rings (SSSR count). The molecule has 0 aliphatic carbocycles. The number of nitrogens with one attached hydrogen (secondary N) is 1. The van der Waals surface area contributed by atoms with Gasteiger partial charge in [-0.05, 0) is 26.8 Å². The summed E-state index contributed by atoms with van der Waals surface area (Å²) in [5.41, 5.74) is 7.00. The van der Waals surface area contributed by atoms with Crippen LogP contribution in [0, 0.1) is 0 Å². The summed E-state index contributed by atoms with van der Waals surface area (Å²) in [4.78, 5) is 0. The van der Waals surface area contributed by atoms with Gasteiger partial charge in [-0.15, -0.1) is 0 Å².